The van der Waals surface area contributed by atoms with Gasteiger partial charge in [-0.1, -0.05) is 11.6 Å². The summed E-state index contributed by atoms with van der Waals surface area (Å²) in [6.07, 6.45) is 11.7. The standard InChI is InChI=1S/C12H18O/c13-12-8-4-7-11(9-12)10-5-2-1-3-6-10/h5,11H,1-4,6-9H2. The normalized spacial score (nSPS) is 30.0. The predicted octanol–water partition coefficient (Wildman–Crippen LogP) is 3.25. The maximum absolute atomic E-state index is 11.3. The molecule has 0 N–H and O–H groups in total. The molecule has 0 radical (unpaired) electrons. The Kier molecular flexibility index (Phi) is 2.82. The summed E-state index contributed by atoms with van der Waals surface area (Å²) in [6, 6.07) is 0. The lowest BCUT2D eigenvalue weighted by Crippen LogP contribution is -2.17. The van der Waals surface area contributed by atoms with E-state index in [0.717, 1.165) is 19.3 Å². The predicted molar refractivity (Wildman–Crippen MR) is 53.5 cm³/mol. The van der Waals surface area contributed by atoms with Crippen LogP contribution in [0.15, 0.2) is 11.6 Å². The lowest BCUT2D eigenvalue weighted by molar-refractivity contribution is -0.121. The van der Waals surface area contributed by atoms with Crippen molar-refractivity contribution >= 4 is 5.78 Å². The maximum atomic E-state index is 11.3. The number of rotatable bonds is 1. The van der Waals surface area contributed by atoms with Crippen molar-refractivity contribution in [3.63, 3.8) is 0 Å². The Bertz CT molecular complexity index is 227. The summed E-state index contributed by atoms with van der Waals surface area (Å²) >= 11 is 0. The fourth-order valence-corrected chi connectivity index (χ4v) is 2.57. The monoisotopic (exact) mass is 178 g/mol. The number of ketones is 1. The molecule has 0 aliphatic heterocycles. The molecule has 1 atom stereocenters. The molecular weight excluding hydrogens is 160 g/mol. The summed E-state index contributed by atoms with van der Waals surface area (Å²) in [4.78, 5) is 11.3. The van der Waals surface area contributed by atoms with Crippen LogP contribution in [0, 0.1) is 5.92 Å². The van der Waals surface area contributed by atoms with Crippen molar-refractivity contribution in [2.45, 2.75) is 51.4 Å². The highest BCUT2D eigenvalue weighted by Gasteiger charge is 2.22. The van der Waals surface area contributed by atoms with E-state index in [1.54, 1.807) is 5.57 Å². The van der Waals surface area contributed by atoms with Crippen molar-refractivity contribution in [2.24, 2.45) is 5.92 Å². The quantitative estimate of drug-likeness (QED) is 0.563. The van der Waals surface area contributed by atoms with E-state index in [9.17, 15) is 4.79 Å². The van der Waals surface area contributed by atoms with Crippen LogP contribution < -0.4 is 0 Å². The topological polar surface area (TPSA) is 17.1 Å². The van der Waals surface area contributed by atoms with Gasteiger partial charge < -0.3 is 0 Å². The molecule has 2 aliphatic carbocycles. The molecule has 0 heterocycles. The summed E-state index contributed by atoms with van der Waals surface area (Å²) in [7, 11) is 0. The summed E-state index contributed by atoms with van der Waals surface area (Å²) in [5, 5.41) is 0. The molecule has 1 nitrogen and oxygen atoms in total. The Morgan fingerprint density at radius 3 is 2.77 bits per heavy atom. The Hall–Kier alpha value is -0.590. The molecule has 0 aromatic heterocycles. The number of carbonyl (C=O) groups is 1. The third kappa shape index (κ3) is 2.20. The second kappa shape index (κ2) is 4.08. The first-order valence-electron chi connectivity index (χ1n) is 5.57. The van der Waals surface area contributed by atoms with E-state index in [-0.39, 0.29) is 0 Å². The summed E-state index contributed by atoms with van der Waals surface area (Å²) in [5.74, 6) is 1.12. The van der Waals surface area contributed by atoms with Crippen LogP contribution in [0.4, 0.5) is 0 Å². The smallest absolute Gasteiger partial charge is 0.133 e. The van der Waals surface area contributed by atoms with Crippen LogP contribution in [-0.2, 0) is 4.79 Å². The second-order valence-electron chi connectivity index (χ2n) is 4.36. The summed E-state index contributed by atoms with van der Waals surface area (Å²) < 4.78 is 0. The first-order valence-corrected chi connectivity index (χ1v) is 5.57. The highest BCUT2D eigenvalue weighted by Crippen LogP contribution is 2.33. The van der Waals surface area contributed by atoms with E-state index < -0.39 is 0 Å². The van der Waals surface area contributed by atoms with Crippen molar-refractivity contribution in [3.8, 4) is 0 Å². The van der Waals surface area contributed by atoms with Crippen molar-refractivity contribution in [1.82, 2.24) is 0 Å². The molecule has 0 spiro atoms. The molecule has 2 aliphatic rings. The SMILES string of the molecule is O=C1CCCC(C2=CCCCC2)C1. The molecule has 1 heteroatoms. The Morgan fingerprint density at radius 1 is 1.15 bits per heavy atom. The molecule has 13 heavy (non-hydrogen) atoms. The average molecular weight is 178 g/mol. The van der Waals surface area contributed by atoms with Crippen molar-refractivity contribution in [1.29, 1.82) is 0 Å². The van der Waals surface area contributed by atoms with Crippen LogP contribution in [0.2, 0.25) is 0 Å². The van der Waals surface area contributed by atoms with E-state index in [1.165, 1.54) is 32.1 Å². The minimum atomic E-state index is 0.489. The highest BCUT2D eigenvalue weighted by atomic mass is 16.1. The Morgan fingerprint density at radius 2 is 2.08 bits per heavy atom. The zero-order valence-electron chi connectivity index (χ0n) is 8.22. The highest BCUT2D eigenvalue weighted by molar-refractivity contribution is 5.79. The Labute approximate surface area is 80.2 Å². The van der Waals surface area contributed by atoms with E-state index >= 15 is 0 Å². The largest absolute Gasteiger partial charge is 0.300 e. The summed E-state index contributed by atoms with van der Waals surface area (Å²) in [5.41, 5.74) is 1.60. The third-order valence-electron chi connectivity index (χ3n) is 3.33. The third-order valence-corrected chi connectivity index (χ3v) is 3.33. The van der Waals surface area contributed by atoms with Gasteiger partial charge in [0.1, 0.15) is 5.78 Å². The van der Waals surface area contributed by atoms with Gasteiger partial charge in [0.15, 0.2) is 0 Å². The molecule has 0 saturated heterocycles. The van der Waals surface area contributed by atoms with Crippen molar-refractivity contribution in [2.75, 3.05) is 0 Å². The number of hydrogen-bond donors (Lipinski definition) is 0. The minimum absolute atomic E-state index is 0.489. The van der Waals surface area contributed by atoms with Gasteiger partial charge in [-0.15, -0.1) is 0 Å². The van der Waals surface area contributed by atoms with E-state index in [0.29, 0.717) is 11.7 Å². The van der Waals surface area contributed by atoms with Gasteiger partial charge in [0.25, 0.3) is 0 Å². The molecular formula is C12H18O. The lowest BCUT2D eigenvalue weighted by atomic mass is 9.79. The zero-order chi connectivity index (χ0) is 9.10. The van der Waals surface area contributed by atoms with Crippen LogP contribution in [0.5, 0.6) is 0 Å². The minimum Gasteiger partial charge on any atom is -0.300 e. The summed E-state index contributed by atoms with van der Waals surface area (Å²) in [6.45, 7) is 0. The van der Waals surface area contributed by atoms with Gasteiger partial charge in [0.2, 0.25) is 0 Å². The van der Waals surface area contributed by atoms with Gasteiger partial charge in [0.05, 0.1) is 0 Å². The number of hydrogen-bond acceptors (Lipinski definition) is 1. The van der Waals surface area contributed by atoms with Crippen LogP contribution in [-0.4, -0.2) is 5.78 Å². The van der Waals surface area contributed by atoms with Gasteiger partial charge in [0, 0.05) is 12.8 Å². The molecule has 0 amide bonds. The van der Waals surface area contributed by atoms with Crippen molar-refractivity contribution in [3.05, 3.63) is 11.6 Å². The van der Waals surface area contributed by atoms with Crippen LogP contribution >= 0.6 is 0 Å². The fourth-order valence-electron chi connectivity index (χ4n) is 2.57. The lowest BCUT2D eigenvalue weighted by Gasteiger charge is -2.25. The van der Waals surface area contributed by atoms with Gasteiger partial charge in [-0.3, -0.25) is 4.79 Å². The first kappa shape index (κ1) is 8.98. The molecule has 1 fully saturated rings. The van der Waals surface area contributed by atoms with Gasteiger partial charge in [-0.2, -0.15) is 0 Å². The van der Waals surface area contributed by atoms with E-state index in [4.69, 9.17) is 0 Å². The zero-order valence-corrected chi connectivity index (χ0v) is 8.22. The second-order valence-corrected chi connectivity index (χ2v) is 4.36. The molecule has 1 unspecified atom stereocenters. The van der Waals surface area contributed by atoms with E-state index in [2.05, 4.69) is 6.08 Å². The average Bonchev–Trinajstić information content (AvgIpc) is 2.19. The molecule has 0 aromatic carbocycles. The maximum Gasteiger partial charge on any atom is 0.133 e. The molecule has 0 bridgehead atoms. The van der Waals surface area contributed by atoms with Gasteiger partial charge in [-0.05, 0) is 44.4 Å². The fraction of sp³-hybridized carbons (Fsp3) is 0.750. The Balaban J connectivity index is 1.98. The number of allylic oxidation sites excluding steroid dienone is 2. The molecule has 0 aromatic rings. The van der Waals surface area contributed by atoms with Crippen LogP contribution in [0.3, 0.4) is 0 Å². The number of Topliss-reactive ketones (excluding diaryl/α,β-unsaturated/α-hetero) is 1. The molecule has 72 valence electrons. The van der Waals surface area contributed by atoms with Gasteiger partial charge in [-0.25, -0.2) is 0 Å². The van der Waals surface area contributed by atoms with E-state index in [1.807, 2.05) is 0 Å². The van der Waals surface area contributed by atoms with Crippen LogP contribution in [0.1, 0.15) is 51.4 Å². The van der Waals surface area contributed by atoms with Crippen LogP contribution in [0.25, 0.3) is 0 Å². The van der Waals surface area contributed by atoms with Gasteiger partial charge >= 0.3 is 0 Å². The van der Waals surface area contributed by atoms with Crippen molar-refractivity contribution < 1.29 is 4.79 Å². The molecule has 1 saturated carbocycles. The number of carbonyl (C=O) groups excluding carboxylic acids is 1. The first-order chi connectivity index (χ1) is 6.36. The molecule has 2 rings (SSSR count).